The fourth-order valence-corrected chi connectivity index (χ4v) is 3.60. The Morgan fingerprint density at radius 3 is 2.88 bits per heavy atom. The van der Waals surface area contributed by atoms with Crippen LogP contribution in [0.4, 0.5) is 0 Å². The first-order valence-electron chi connectivity index (χ1n) is 7.99. The summed E-state index contributed by atoms with van der Waals surface area (Å²) < 4.78 is 0. The molecule has 1 amide bonds. The van der Waals surface area contributed by atoms with Crippen LogP contribution in [0.15, 0.2) is 48.8 Å². The summed E-state index contributed by atoms with van der Waals surface area (Å²) in [5, 5.41) is 2.15. The zero-order valence-corrected chi connectivity index (χ0v) is 14.8. The molecule has 0 saturated carbocycles. The number of rotatable bonds is 2. The molecular formula is C19H15Cl2N3O. The molecule has 0 radical (unpaired) electrons. The molecule has 3 aromatic rings. The monoisotopic (exact) mass is 371 g/mol. The summed E-state index contributed by atoms with van der Waals surface area (Å²) in [5.74, 6) is -0.0263. The topological polar surface area (TPSA) is 49.0 Å². The molecule has 2 aromatic heterocycles. The Morgan fingerprint density at radius 1 is 1.24 bits per heavy atom. The van der Waals surface area contributed by atoms with Crippen LogP contribution in [0.2, 0.25) is 10.2 Å². The number of halogens is 2. The Hall–Kier alpha value is -2.30. The Balaban J connectivity index is 1.58. The lowest BCUT2D eigenvalue weighted by Crippen LogP contribution is -2.34. The van der Waals surface area contributed by atoms with E-state index in [-0.39, 0.29) is 5.91 Å². The fraction of sp³-hybridized carbons (Fsp3) is 0.158. The molecule has 3 heterocycles. The summed E-state index contributed by atoms with van der Waals surface area (Å²) >= 11 is 12.1. The quantitative estimate of drug-likeness (QED) is 0.657. The van der Waals surface area contributed by atoms with Crippen molar-refractivity contribution in [3.05, 3.63) is 70.1 Å². The van der Waals surface area contributed by atoms with Gasteiger partial charge in [0.1, 0.15) is 5.15 Å². The molecule has 6 heteroatoms. The van der Waals surface area contributed by atoms with Crippen molar-refractivity contribution in [1.82, 2.24) is 14.9 Å². The number of hydrogen-bond acceptors (Lipinski definition) is 2. The highest BCUT2D eigenvalue weighted by Gasteiger charge is 2.21. The van der Waals surface area contributed by atoms with Crippen molar-refractivity contribution in [1.29, 1.82) is 0 Å². The molecule has 25 heavy (non-hydrogen) atoms. The summed E-state index contributed by atoms with van der Waals surface area (Å²) in [4.78, 5) is 21.6. The Kier molecular flexibility index (Phi) is 4.24. The molecule has 1 aliphatic rings. The highest BCUT2D eigenvalue weighted by Crippen LogP contribution is 2.32. The van der Waals surface area contributed by atoms with Crippen molar-refractivity contribution in [2.45, 2.75) is 6.42 Å². The number of amides is 1. The number of aromatic amines is 1. The maximum atomic E-state index is 12.6. The standard InChI is InChI=1S/C19H15Cl2N3O/c20-16-3-1-2-14-15(11-23-18(14)16)12-5-8-24(9-6-12)19(25)13-4-7-22-17(21)10-13/h1-5,7,10-11,23H,6,8-9H2. The van der Waals surface area contributed by atoms with E-state index in [4.69, 9.17) is 23.2 Å². The van der Waals surface area contributed by atoms with Crippen LogP contribution < -0.4 is 0 Å². The van der Waals surface area contributed by atoms with E-state index in [1.807, 2.05) is 23.2 Å². The second kappa shape index (κ2) is 6.54. The van der Waals surface area contributed by atoms with Crippen molar-refractivity contribution in [2.24, 2.45) is 0 Å². The van der Waals surface area contributed by atoms with Gasteiger partial charge in [-0.3, -0.25) is 4.79 Å². The smallest absolute Gasteiger partial charge is 0.254 e. The SMILES string of the molecule is O=C(c1ccnc(Cl)c1)N1CC=C(c2c[nH]c3c(Cl)cccc23)CC1. The van der Waals surface area contributed by atoms with E-state index in [2.05, 4.69) is 22.1 Å². The third-order valence-electron chi connectivity index (χ3n) is 4.48. The highest BCUT2D eigenvalue weighted by atomic mass is 35.5. The zero-order chi connectivity index (χ0) is 17.4. The van der Waals surface area contributed by atoms with Gasteiger partial charge in [0.2, 0.25) is 0 Å². The lowest BCUT2D eigenvalue weighted by Gasteiger charge is -2.26. The molecule has 0 atom stereocenters. The van der Waals surface area contributed by atoms with Crippen LogP contribution in [-0.4, -0.2) is 33.9 Å². The first-order chi connectivity index (χ1) is 12.1. The van der Waals surface area contributed by atoms with Crippen LogP contribution in [0, 0.1) is 0 Å². The van der Waals surface area contributed by atoms with Crippen LogP contribution in [0.25, 0.3) is 16.5 Å². The molecule has 4 nitrogen and oxygen atoms in total. The van der Waals surface area contributed by atoms with Gasteiger partial charge in [-0.1, -0.05) is 41.4 Å². The second-order valence-corrected chi connectivity index (χ2v) is 6.76. The first-order valence-corrected chi connectivity index (χ1v) is 8.75. The largest absolute Gasteiger partial charge is 0.359 e. The number of carbonyl (C=O) groups excluding carboxylic acids is 1. The third kappa shape index (κ3) is 3.03. The van der Waals surface area contributed by atoms with Crippen LogP contribution in [-0.2, 0) is 0 Å². The molecule has 0 spiro atoms. The number of hydrogen-bond donors (Lipinski definition) is 1. The molecule has 0 aliphatic carbocycles. The van der Waals surface area contributed by atoms with E-state index in [9.17, 15) is 4.79 Å². The predicted octanol–water partition coefficient (Wildman–Crippen LogP) is 4.80. The van der Waals surface area contributed by atoms with Crippen LogP contribution in [0.3, 0.4) is 0 Å². The summed E-state index contributed by atoms with van der Waals surface area (Å²) in [6, 6.07) is 9.18. The number of fused-ring (bicyclic) bond motifs is 1. The first kappa shape index (κ1) is 16.2. The van der Waals surface area contributed by atoms with E-state index >= 15 is 0 Å². The molecule has 0 unspecified atom stereocenters. The number of benzene rings is 1. The lowest BCUT2D eigenvalue weighted by atomic mass is 9.98. The average molecular weight is 372 g/mol. The van der Waals surface area contributed by atoms with Crippen molar-refractivity contribution < 1.29 is 4.79 Å². The normalized spacial score (nSPS) is 14.6. The van der Waals surface area contributed by atoms with Crippen LogP contribution in [0.5, 0.6) is 0 Å². The van der Waals surface area contributed by atoms with Crippen molar-refractivity contribution in [2.75, 3.05) is 13.1 Å². The molecule has 1 aromatic carbocycles. The van der Waals surface area contributed by atoms with E-state index in [0.29, 0.717) is 28.8 Å². The highest BCUT2D eigenvalue weighted by molar-refractivity contribution is 6.35. The van der Waals surface area contributed by atoms with Gasteiger partial charge in [0.25, 0.3) is 5.91 Å². The minimum absolute atomic E-state index is 0.0263. The molecular weight excluding hydrogens is 357 g/mol. The number of H-pyrrole nitrogens is 1. The van der Waals surface area contributed by atoms with Gasteiger partial charge < -0.3 is 9.88 Å². The van der Waals surface area contributed by atoms with Gasteiger partial charge in [-0.25, -0.2) is 4.98 Å². The van der Waals surface area contributed by atoms with Gasteiger partial charge in [-0.2, -0.15) is 0 Å². The Labute approximate surface area is 155 Å². The maximum absolute atomic E-state index is 12.6. The number of pyridine rings is 1. The summed E-state index contributed by atoms with van der Waals surface area (Å²) in [6.07, 6.45) is 6.44. The maximum Gasteiger partial charge on any atom is 0.254 e. The number of carbonyl (C=O) groups is 1. The van der Waals surface area contributed by atoms with Crippen molar-refractivity contribution in [3.63, 3.8) is 0 Å². The Morgan fingerprint density at radius 2 is 2.12 bits per heavy atom. The minimum atomic E-state index is -0.0263. The minimum Gasteiger partial charge on any atom is -0.359 e. The van der Waals surface area contributed by atoms with Gasteiger partial charge in [-0.05, 0) is 30.2 Å². The summed E-state index contributed by atoms with van der Waals surface area (Å²) in [6.45, 7) is 1.24. The van der Waals surface area contributed by atoms with Gasteiger partial charge in [0.05, 0.1) is 10.5 Å². The van der Waals surface area contributed by atoms with Crippen LogP contribution >= 0.6 is 23.2 Å². The predicted molar refractivity (Wildman–Crippen MR) is 101 cm³/mol. The lowest BCUT2D eigenvalue weighted by molar-refractivity contribution is 0.0773. The Bertz CT molecular complexity index is 993. The van der Waals surface area contributed by atoms with Gasteiger partial charge >= 0.3 is 0 Å². The van der Waals surface area contributed by atoms with E-state index in [1.165, 1.54) is 5.57 Å². The number of nitrogens with zero attached hydrogens (tertiary/aromatic N) is 2. The average Bonchev–Trinajstić information content (AvgIpc) is 3.07. The second-order valence-electron chi connectivity index (χ2n) is 5.96. The summed E-state index contributed by atoms with van der Waals surface area (Å²) in [7, 11) is 0. The van der Waals surface area contributed by atoms with E-state index in [1.54, 1.807) is 18.3 Å². The van der Waals surface area contributed by atoms with Crippen LogP contribution in [0.1, 0.15) is 22.3 Å². The van der Waals surface area contributed by atoms with Crippen molar-refractivity contribution >= 4 is 45.6 Å². The van der Waals surface area contributed by atoms with E-state index in [0.717, 1.165) is 22.9 Å². The molecule has 1 N–H and O–H groups in total. The number of nitrogens with one attached hydrogen (secondary N) is 1. The van der Waals surface area contributed by atoms with Gasteiger partial charge in [-0.15, -0.1) is 0 Å². The number of para-hydroxylation sites is 1. The van der Waals surface area contributed by atoms with Gasteiger partial charge in [0, 0.05) is 42.0 Å². The molecule has 0 saturated heterocycles. The molecule has 4 rings (SSSR count). The summed E-state index contributed by atoms with van der Waals surface area (Å²) in [5.41, 5.74) is 3.89. The zero-order valence-electron chi connectivity index (χ0n) is 13.3. The molecule has 0 fully saturated rings. The fourth-order valence-electron chi connectivity index (χ4n) is 3.20. The van der Waals surface area contributed by atoms with E-state index < -0.39 is 0 Å². The van der Waals surface area contributed by atoms with Gasteiger partial charge in [0.15, 0.2) is 0 Å². The molecule has 126 valence electrons. The molecule has 1 aliphatic heterocycles. The number of aromatic nitrogens is 2. The van der Waals surface area contributed by atoms with Crippen molar-refractivity contribution in [3.8, 4) is 0 Å². The molecule has 0 bridgehead atoms. The third-order valence-corrected chi connectivity index (χ3v) is 5.00.